The Morgan fingerprint density at radius 1 is 0.900 bits per heavy atom. The average Bonchev–Trinajstić information content (AvgIpc) is 3.05. The quantitative estimate of drug-likeness (QED) is 0.229. The van der Waals surface area contributed by atoms with Crippen LogP contribution < -0.4 is 4.84 Å². The lowest BCUT2D eigenvalue weighted by Gasteiger charge is -2.15. The second-order valence-corrected chi connectivity index (χ2v) is 6.52. The number of halogens is 1. The fraction of sp³-hybridized carbons (Fsp3) is 0.667. The minimum Gasteiger partial charge on any atom is -0.492 e. The number of alkyl halides is 1. The molecule has 0 bridgehead atoms. The zero-order valence-corrected chi connectivity index (χ0v) is 18.5. The lowest BCUT2D eigenvalue weighted by molar-refractivity contribution is -0.146. The van der Waals surface area contributed by atoms with E-state index in [1.165, 1.54) is 12.1 Å². The van der Waals surface area contributed by atoms with E-state index in [0.717, 1.165) is 0 Å². The minimum absolute atomic E-state index is 0.00779. The summed E-state index contributed by atoms with van der Waals surface area (Å²) in [6, 6.07) is 2.39. The summed E-state index contributed by atoms with van der Waals surface area (Å²) in [7, 11) is 1.72. The van der Waals surface area contributed by atoms with Crippen LogP contribution in [0, 0.1) is 0 Å². The van der Waals surface area contributed by atoms with Crippen molar-refractivity contribution in [3.63, 3.8) is 0 Å². The third-order valence-corrected chi connectivity index (χ3v) is 4.15. The number of aromatic nitrogens is 1. The van der Waals surface area contributed by atoms with Crippen molar-refractivity contribution in [2.75, 3.05) is 71.8 Å². The molecule has 0 atom stereocenters. The molecule has 2 N–H and O–H groups in total. The molecule has 1 heterocycles. The number of carbonyl (C=O) groups excluding carboxylic acids is 2. The molecular formula is C18H29BrN2O9. The fourth-order valence-corrected chi connectivity index (χ4v) is 2.42. The minimum atomic E-state index is -0.658. The first kappa shape index (κ1) is 26.2. The van der Waals surface area contributed by atoms with Crippen LogP contribution in [-0.2, 0) is 28.5 Å². The zero-order chi connectivity index (χ0) is 22.2. The molecule has 0 spiro atoms. The van der Waals surface area contributed by atoms with Gasteiger partial charge in [0, 0.05) is 25.7 Å². The maximum Gasteiger partial charge on any atom is 0.335 e. The van der Waals surface area contributed by atoms with E-state index < -0.39 is 5.97 Å². The molecule has 0 saturated carbocycles. The van der Waals surface area contributed by atoms with E-state index in [4.69, 9.17) is 23.8 Å². The second kappa shape index (κ2) is 15.9. The predicted molar refractivity (Wildman–Crippen MR) is 109 cm³/mol. The number of rotatable bonds is 17. The van der Waals surface area contributed by atoms with Crippen LogP contribution in [0.3, 0.4) is 0 Å². The molecule has 30 heavy (non-hydrogen) atoms. The number of aromatic hydroxyl groups is 2. The van der Waals surface area contributed by atoms with Crippen molar-refractivity contribution in [1.29, 1.82) is 0 Å². The molecule has 0 saturated heterocycles. The van der Waals surface area contributed by atoms with Gasteiger partial charge in [-0.3, -0.25) is 4.79 Å². The second-order valence-electron chi connectivity index (χ2n) is 5.96. The van der Waals surface area contributed by atoms with E-state index in [2.05, 4.69) is 15.9 Å². The standard InChI is InChI=1S/C18H29BrN2O9/c1-20(17(24)14-19)5-7-27-9-11-29-13-12-28-10-8-26-6-4-18(25)30-21-15(22)2-3-16(21)23/h2-3,22-23H,4-14H2,1H3. The molecule has 1 amide bonds. The zero-order valence-electron chi connectivity index (χ0n) is 17.0. The smallest absolute Gasteiger partial charge is 0.335 e. The molecule has 0 radical (unpaired) electrons. The summed E-state index contributed by atoms with van der Waals surface area (Å²) in [5.74, 6) is -1.40. The van der Waals surface area contributed by atoms with Crippen LogP contribution in [0.25, 0.3) is 0 Å². The Hall–Kier alpha value is -1.86. The van der Waals surface area contributed by atoms with Gasteiger partial charge in [0.1, 0.15) is 0 Å². The van der Waals surface area contributed by atoms with Gasteiger partial charge in [-0.2, -0.15) is 0 Å². The van der Waals surface area contributed by atoms with Crippen LogP contribution in [0.5, 0.6) is 11.8 Å². The number of nitrogens with zero attached hydrogens (tertiary/aromatic N) is 2. The average molecular weight is 497 g/mol. The van der Waals surface area contributed by atoms with Crippen LogP contribution in [0.15, 0.2) is 12.1 Å². The summed E-state index contributed by atoms with van der Waals surface area (Å²) in [5.41, 5.74) is 0. The first-order valence-corrected chi connectivity index (χ1v) is 10.5. The van der Waals surface area contributed by atoms with Crippen LogP contribution in [-0.4, -0.2) is 103 Å². The van der Waals surface area contributed by atoms with E-state index in [9.17, 15) is 19.8 Å². The Bertz CT molecular complexity index is 607. The predicted octanol–water partition coefficient (Wildman–Crippen LogP) is 0.164. The summed E-state index contributed by atoms with van der Waals surface area (Å²) < 4.78 is 21.9. The molecule has 1 aromatic rings. The van der Waals surface area contributed by atoms with Crippen LogP contribution in [0.1, 0.15) is 6.42 Å². The summed E-state index contributed by atoms with van der Waals surface area (Å²) >= 11 is 3.11. The van der Waals surface area contributed by atoms with E-state index in [1.807, 2.05) is 0 Å². The van der Waals surface area contributed by atoms with Crippen LogP contribution in [0.4, 0.5) is 0 Å². The lowest BCUT2D eigenvalue weighted by Crippen LogP contribution is -2.31. The highest BCUT2D eigenvalue weighted by atomic mass is 79.9. The summed E-state index contributed by atoms with van der Waals surface area (Å²) in [6.45, 7) is 3.45. The molecule has 0 aliphatic rings. The molecule has 0 aromatic carbocycles. The van der Waals surface area contributed by atoms with Gasteiger partial charge in [-0.15, -0.1) is 4.73 Å². The molecule has 0 unspecified atom stereocenters. The van der Waals surface area contributed by atoms with Crippen molar-refractivity contribution in [1.82, 2.24) is 9.63 Å². The number of hydrogen-bond donors (Lipinski definition) is 2. The van der Waals surface area contributed by atoms with Crippen molar-refractivity contribution in [3.8, 4) is 11.8 Å². The largest absolute Gasteiger partial charge is 0.492 e. The first-order chi connectivity index (χ1) is 14.5. The van der Waals surface area contributed by atoms with E-state index in [0.29, 0.717) is 62.9 Å². The number of amides is 1. The highest BCUT2D eigenvalue weighted by Gasteiger charge is 2.11. The molecule has 0 aliphatic heterocycles. The third kappa shape index (κ3) is 11.4. The molecule has 1 aromatic heterocycles. The van der Waals surface area contributed by atoms with Crippen molar-refractivity contribution in [2.24, 2.45) is 0 Å². The number of ether oxygens (including phenoxy) is 4. The topological polar surface area (TPSA) is 129 Å². The van der Waals surface area contributed by atoms with E-state index in [-0.39, 0.29) is 30.7 Å². The van der Waals surface area contributed by atoms with Gasteiger partial charge < -0.3 is 38.9 Å². The van der Waals surface area contributed by atoms with Crippen molar-refractivity contribution in [2.45, 2.75) is 6.42 Å². The number of likely N-dealkylation sites (N-methyl/N-ethyl adjacent to an activating group) is 1. The highest BCUT2D eigenvalue weighted by Crippen LogP contribution is 2.18. The van der Waals surface area contributed by atoms with Gasteiger partial charge in [0.05, 0.1) is 64.6 Å². The Labute approximate surface area is 183 Å². The van der Waals surface area contributed by atoms with Crippen molar-refractivity contribution in [3.05, 3.63) is 12.1 Å². The van der Waals surface area contributed by atoms with Gasteiger partial charge in [-0.1, -0.05) is 15.9 Å². The third-order valence-electron chi connectivity index (χ3n) is 3.67. The Balaban J connectivity index is 1.84. The van der Waals surface area contributed by atoms with Gasteiger partial charge in [-0.05, 0) is 0 Å². The Morgan fingerprint density at radius 3 is 1.87 bits per heavy atom. The normalized spacial score (nSPS) is 10.9. The van der Waals surface area contributed by atoms with Crippen LogP contribution in [0.2, 0.25) is 0 Å². The van der Waals surface area contributed by atoms with Crippen molar-refractivity contribution < 1.29 is 43.6 Å². The van der Waals surface area contributed by atoms with Gasteiger partial charge in [0.2, 0.25) is 17.7 Å². The van der Waals surface area contributed by atoms with Gasteiger partial charge in [0.15, 0.2) is 0 Å². The molecule has 172 valence electrons. The molecule has 1 rings (SSSR count). The van der Waals surface area contributed by atoms with E-state index in [1.54, 1.807) is 11.9 Å². The molecule has 0 fully saturated rings. The SMILES string of the molecule is CN(CCOCCOCCOCCOCCC(=O)On1c(O)ccc1O)C(=O)CBr. The number of carbonyl (C=O) groups is 2. The number of hydrogen-bond acceptors (Lipinski definition) is 9. The maximum absolute atomic E-state index is 11.6. The summed E-state index contributed by atoms with van der Waals surface area (Å²) in [4.78, 5) is 29.2. The van der Waals surface area contributed by atoms with Crippen molar-refractivity contribution >= 4 is 27.8 Å². The Kier molecular flexibility index (Phi) is 13.9. The molecular weight excluding hydrogens is 468 g/mol. The van der Waals surface area contributed by atoms with Crippen LogP contribution >= 0.6 is 15.9 Å². The first-order valence-electron chi connectivity index (χ1n) is 9.37. The Morgan fingerprint density at radius 2 is 1.37 bits per heavy atom. The van der Waals surface area contributed by atoms with Gasteiger partial charge in [-0.25, -0.2) is 4.79 Å². The van der Waals surface area contributed by atoms with Gasteiger partial charge >= 0.3 is 5.97 Å². The summed E-state index contributed by atoms with van der Waals surface area (Å²) in [5, 5.41) is 19.0. The van der Waals surface area contributed by atoms with Gasteiger partial charge in [0.25, 0.3) is 0 Å². The van der Waals surface area contributed by atoms with E-state index >= 15 is 0 Å². The molecule has 12 heteroatoms. The fourth-order valence-electron chi connectivity index (χ4n) is 1.99. The highest BCUT2D eigenvalue weighted by molar-refractivity contribution is 9.09. The summed E-state index contributed by atoms with van der Waals surface area (Å²) in [6.07, 6.45) is -0.0414. The monoisotopic (exact) mass is 496 g/mol. The maximum atomic E-state index is 11.6. The molecule has 0 aliphatic carbocycles. The molecule has 11 nitrogen and oxygen atoms in total. The lowest BCUT2D eigenvalue weighted by atomic mass is 10.5.